The van der Waals surface area contributed by atoms with Gasteiger partial charge in [-0.3, -0.25) is 13.9 Å². The van der Waals surface area contributed by atoms with Crippen LogP contribution in [0.3, 0.4) is 0 Å². The van der Waals surface area contributed by atoms with E-state index in [1.807, 2.05) is 30.3 Å². The largest absolute Gasteiger partial charge is 0.332 e. The van der Waals surface area contributed by atoms with Gasteiger partial charge in [-0.15, -0.1) is 4.91 Å². The summed E-state index contributed by atoms with van der Waals surface area (Å²) in [5, 5.41) is 4.15. The van der Waals surface area contributed by atoms with Crippen molar-refractivity contribution in [1.82, 2.24) is 18.8 Å². The summed E-state index contributed by atoms with van der Waals surface area (Å²) in [7, 11) is 2.91. The number of imidazole rings is 1. The smallest absolute Gasteiger partial charge is 0.279 e. The lowest BCUT2D eigenvalue weighted by Gasteiger charge is -2.18. The number of aromatic nitrogens is 4. The molecule has 9 heteroatoms. The fourth-order valence-electron chi connectivity index (χ4n) is 2.66. The van der Waals surface area contributed by atoms with E-state index < -0.39 is 11.2 Å². The molecule has 0 aliphatic carbocycles. The minimum atomic E-state index is -0.532. The van der Waals surface area contributed by atoms with Gasteiger partial charge in [-0.1, -0.05) is 30.3 Å². The van der Waals surface area contributed by atoms with Gasteiger partial charge in [0.05, 0.1) is 11.8 Å². The molecule has 0 saturated carbocycles. The second-order valence-corrected chi connectivity index (χ2v) is 5.45. The topological polar surface area (TPSA) is 94.5 Å². The number of aryl methyl sites for hydroxylation is 2. The zero-order chi connectivity index (χ0) is 17.4. The van der Waals surface area contributed by atoms with Gasteiger partial charge in [0, 0.05) is 14.1 Å². The molecule has 124 valence electrons. The Morgan fingerprint density at radius 3 is 2.42 bits per heavy atom. The summed E-state index contributed by atoms with van der Waals surface area (Å²) in [6.45, 7) is 1.82. The molecule has 0 fully saturated rings. The summed E-state index contributed by atoms with van der Waals surface area (Å²) in [4.78, 5) is 40.2. The number of hydrogen-bond donors (Lipinski definition) is 0. The average molecular weight is 328 g/mol. The highest BCUT2D eigenvalue weighted by molar-refractivity contribution is 5.71. The first-order valence-electron chi connectivity index (χ1n) is 7.25. The van der Waals surface area contributed by atoms with E-state index in [1.165, 1.54) is 23.3 Å². The standard InChI is InChI=1S/C15H16N6O3/c1-10-16-13-12(14(22)19(3)15(23)18(13)2)21(10)20(17-24)9-11-7-5-4-6-8-11/h4-8H,9H2,1-3H3. The third kappa shape index (κ3) is 2.30. The lowest BCUT2D eigenvalue weighted by Crippen LogP contribution is -2.39. The highest BCUT2D eigenvalue weighted by Crippen LogP contribution is 2.13. The molecule has 0 unspecified atom stereocenters. The molecule has 0 saturated heterocycles. The molecular weight excluding hydrogens is 312 g/mol. The van der Waals surface area contributed by atoms with Crippen LogP contribution in [-0.4, -0.2) is 18.8 Å². The van der Waals surface area contributed by atoms with Crippen LogP contribution in [0.25, 0.3) is 11.2 Å². The van der Waals surface area contributed by atoms with E-state index in [0.29, 0.717) is 5.82 Å². The minimum absolute atomic E-state index is 0.132. The number of rotatable bonds is 4. The van der Waals surface area contributed by atoms with Gasteiger partial charge < -0.3 is 0 Å². The van der Waals surface area contributed by atoms with Gasteiger partial charge >= 0.3 is 5.69 Å². The molecule has 2 heterocycles. The Hall–Kier alpha value is -3.23. The van der Waals surface area contributed by atoms with Crippen molar-refractivity contribution >= 4 is 11.2 Å². The SMILES string of the molecule is Cc1nc2c(c(=O)n(C)c(=O)n2C)n1N(Cc1ccccc1)N=O. The molecule has 0 bridgehead atoms. The van der Waals surface area contributed by atoms with Gasteiger partial charge in [-0.25, -0.2) is 14.5 Å². The Bertz CT molecular complexity index is 1030. The fourth-order valence-corrected chi connectivity index (χ4v) is 2.66. The first kappa shape index (κ1) is 15.7. The van der Waals surface area contributed by atoms with E-state index in [1.54, 1.807) is 6.92 Å². The minimum Gasteiger partial charge on any atom is -0.279 e. The first-order valence-corrected chi connectivity index (χ1v) is 7.25. The summed E-state index contributed by atoms with van der Waals surface area (Å²) < 4.78 is 3.59. The van der Waals surface area contributed by atoms with E-state index in [-0.39, 0.29) is 17.7 Å². The highest BCUT2D eigenvalue weighted by Gasteiger charge is 2.21. The van der Waals surface area contributed by atoms with Crippen LogP contribution in [0.1, 0.15) is 11.4 Å². The lowest BCUT2D eigenvalue weighted by atomic mass is 10.2. The van der Waals surface area contributed by atoms with Crippen LogP contribution in [0, 0.1) is 11.8 Å². The Kier molecular flexibility index (Phi) is 3.76. The molecule has 2 aromatic heterocycles. The molecule has 3 rings (SSSR count). The van der Waals surface area contributed by atoms with Gasteiger partial charge in [0.1, 0.15) is 5.82 Å². The van der Waals surface area contributed by atoms with Gasteiger partial charge in [0.25, 0.3) is 5.56 Å². The zero-order valence-corrected chi connectivity index (χ0v) is 13.5. The van der Waals surface area contributed by atoms with Crippen molar-refractivity contribution in [3.05, 3.63) is 67.5 Å². The van der Waals surface area contributed by atoms with E-state index >= 15 is 0 Å². The summed E-state index contributed by atoms with van der Waals surface area (Å²) >= 11 is 0. The molecule has 0 aliphatic heterocycles. The lowest BCUT2D eigenvalue weighted by molar-refractivity contribution is 0.595. The molecule has 0 amide bonds. The van der Waals surface area contributed by atoms with Crippen LogP contribution < -0.4 is 16.4 Å². The van der Waals surface area contributed by atoms with Crippen molar-refractivity contribution in [2.75, 3.05) is 5.12 Å². The Morgan fingerprint density at radius 2 is 1.79 bits per heavy atom. The maximum absolute atomic E-state index is 12.5. The fraction of sp³-hybridized carbons (Fsp3) is 0.267. The van der Waals surface area contributed by atoms with Crippen LogP contribution in [0.5, 0.6) is 0 Å². The van der Waals surface area contributed by atoms with Crippen LogP contribution >= 0.6 is 0 Å². The van der Waals surface area contributed by atoms with Crippen LogP contribution in [-0.2, 0) is 20.6 Å². The molecule has 0 atom stereocenters. The second-order valence-electron chi connectivity index (χ2n) is 5.45. The summed E-state index contributed by atoms with van der Waals surface area (Å²) in [5.41, 5.74) is 0.177. The van der Waals surface area contributed by atoms with Gasteiger partial charge in [0.2, 0.25) is 0 Å². The number of benzene rings is 1. The molecule has 0 aliphatic rings. The monoisotopic (exact) mass is 328 g/mol. The van der Waals surface area contributed by atoms with E-state index in [0.717, 1.165) is 15.2 Å². The number of nitrogens with zero attached hydrogens (tertiary/aromatic N) is 6. The summed E-state index contributed by atoms with van der Waals surface area (Å²) in [6, 6.07) is 9.26. The zero-order valence-electron chi connectivity index (χ0n) is 13.5. The predicted molar refractivity (Wildman–Crippen MR) is 89.1 cm³/mol. The molecule has 0 N–H and O–H groups in total. The average Bonchev–Trinajstić information content (AvgIpc) is 2.94. The maximum atomic E-state index is 12.5. The number of hydrogen-bond acceptors (Lipinski definition) is 5. The van der Waals surface area contributed by atoms with E-state index in [9.17, 15) is 14.5 Å². The molecule has 24 heavy (non-hydrogen) atoms. The van der Waals surface area contributed by atoms with Crippen molar-refractivity contribution in [3.8, 4) is 0 Å². The predicted octanol–water partition coefficient (Wildman–Crippen LogP) is 0.562. The van der Waals surface area contributed by atoms with Crippen LogP contribution in [0.2, 0.25) is 0 Å². The Labute approximate surface area is 136 Å². The van der Waals surface area contributed by atoms with Crippen LogP contribution in [0.4, 0.5) is 0 Å². The van der Waals surface area contributed by atoms with Gasteiger partial charge in [-0.2, -0.15) is 5.12 Å². The van der Waals surface area contributed by atoms with Crippen molar-refractivity contribution in [3.63, 3.8) is 0 Å². The number of nitroso groups, excluding NO2 is 1. The van der Waals surface area contributed by atoms with Gasteiger partial charge in [-0.05, 0) is 12.5 Å². The van der Waals surface area contributed by atoms with E-state index in [2.05, 4.69) is 10.3 Å². The highest BCUT2D eigenvalue weighted by atomic mass is 16.3. The third-order valence-corrected chi connectivity index (χ3v) is 3.89. The van der Waals surface area contributed by atoms with Crippen molar-refractivity contribution in [1.29, 1.82) is 0 Å². The van der Waals surface area contributed by atoms with Crippen molar-refractivity contribution in [2.24, 2.45) is 19.4 Å². The number of fused-ring (bicyclic) bond motifs is 1. The first-order chi connectivity index (χ1) is 11.5. The summed E-state index contributed by atoms with van der Waals surface area (Å²) in [6.07, 6.45) is 0. The summed E-state index contributed by atoms with van der Waals surface area (Å²) in [5.74, 6) is 0.388. The molecule has 3 aromatic rings. The Balaban J connectivity index is 2.25. The van der Waals surface area contributed by atoms with Crippen molar-refractivity contribution in [2.45, 2.75) is 13.5 Å². The normalized spacial score (nSPS) is 11.0. The molecule has 0 radical (unpaired) electrons. The van der Waals surface area contributed by atoms with Gasteiger partial charge in [0.15, 0.2) is 11.2 Å². The molecule has 0 spiro atoms. The molecule has 9 nitrogen and oxygen atoms in total. The van der Waals surface area contributed by atoms with E-state index in [4.69, 9.17) is 0 Å². The van der Waals surface area contributed by atoms with Crippen molar-refractivity contribution < 1.29 is 0 Å². The molecular formula is C15H16N6O3. The second kappa shape index (κ2) is 5.76. The quantitative estimate of drug-likeness (QED) is 0.515. The maximum Gasteiger partial charge on any atom is 0.332 e. The Morgan fingerprint density at radius 1 is 1.12 bits per heavy atom. The van der Waals surface area contributed by atoms with Crippen LogP contribution in [0.15, 0.2) is 45.2 Å². The third-order valence-electron chi connectivity index (χ3n) is 3.89. The molecule has 1 aromatic carbocycles.